The fourth-order valence-electron chi connectivity index (χ4n) is 4.78. The molecular formula is C27H29F2N7O4S. The Morgan fingerprint density at radius 2 is 2.00 bits per heavy atom. The van der Waals surface area contributed by atoms with E-state index < -0.39 is 23.3 Å². The normalized spacial score (nSPS) is 15.2. The lowest BCUT2D eigenvalue weighted by molar-refractivity contribution is 0.122. The first-order valence-electron chi connectivity index (χ1n) is 12.9. The van der Waals surface area contributed by atoms with E-state index in [0.717, 1.165) is 0 Å². The van der Waals surface area contributed by atoms with Gasteiger partial charge in [0.25, 0.3) is 0 Å². The number of ether oxygens (including phenoxy) is 2. The summed E-state index contributed by atoms with van der Waals surface area (Å²) in [4.78, 5) is 20.1. The number of hydrogen-bond acceptors (Lipinski definition) is 9. The molecule has 41 heavy (non-hydrogen) atoms. The van der Waals surface area contributed by atoms with Gasteiger partial charge in [0.2, 0.25) is 17.2 Å². The second kappa shape index (κ2) is 12.3. The predicted molar refractivity (Wildman–Crippen MR) is 152 cm³/mol. The van der Waals surface area contributed by atoms with E-state index in [-0.39, 0.29) is 30.0 Å². The molecule has 5 rings (SSSR count). The van der Waals surface area contributed by atoms with Crippen LogP contribution in [0.3, 0.4) is 0 Å². The number of aryl methyl sites for hydroxylation is 1. The molecular weight excluding hydrogens is 556 g/mol. The van der Waals surface area contributed by atoms with E-state index >= 15 is 4.39 Å². The Morgan fingerprint density at radius 3 is 2.71 bits per heavy atom. The number of anilines is 2. The van der Waals surface area contributed by atoms with E-state index in [9.17, 15) is 8.60 Å². The second-order valence-corrected chi connectivity index (χ2v) is 10.2. The van der Waals surface area contributed by atoms with Gasteiger partial charge < -0.3 is 20.1 Å². The summed E-state index contributed by atoms with van der Waals surface area (Å²) in [5.74, 6) is 0.774. The van der Waals surface area contributed by atoms with Crippen molar-refractivity contribution in [2.45, 2.75) is 19.5 Å². The Kier molecular flexibility index (Phi) is 8.63. The van der Waals surface area contributed by atoms with Gasteiger partial charge in [-0.25, -0.2) is 37.6 Å². The number of benzene rings is 2. The van der Waals surface area contributed by atoms with Gasteiger partial charge in [-0.2, -0.15) is 0 Å². The van der Waals surface area contributed by atoms with Gasteiger partial charge in [0.15, 0.2) is 5.82 Å². The van der Waals surface area contributed by atoms with Crippen LogP contribution < -0.4 is 20.1 Å². The number of morpholine rings is 1. The van der Waals surface area contributed by atoms with Crippen molar-refractivity contribution in [1.29, 1.82) is 0 Å². The first-order valence-corrected chi connectivity index (χ1v) is 14.0. The Hall–Kier alpha value is -3.85. The van der Waals surface area contributed by atoms with Crippen molar-refractivity contribution < 1.29 is 27.0 Å². The molecule has 216 valence electrons. The molecule has 2 unspecified atom stereocenters. The number of hydrogen-bond donors (Lipinski definition) is 3. The second-order valence-electron chi connectivity index (χ2n) is 9.38. The van der Waals surface area contributed by atoms with E-state index in [2.05, 4.69) is 19.6 Å². The van der Waals surface area contributed by atoms with Gasteiger partial charge in [-0.3, -0.25) is 4.55 Å². The molecule has 0 radical (unpaired) electrons. The van der Waals surface area contributed by atoms with Gasteiger partial charge in [0.05, 0.1) is 31.6 Å². The third kappa shape index (κ3) is 6.10. The number of nitrogens with two attached hydrogens (primary N) is 1. The summed E-state index contributed by atoms with van der Waals surface area (Å²) < 4.78 is 63.9. The number of halogens is 2. The minimum Gasteiger partial charge on any atom is -0.494 e. The van der Waals surface area contributed by atoms with Crippen LogP contribution in [0.2, 0.25) is 0 Å². The van der Waals surface area contributed by atoms with Crippen molar-refractivity contribution in [3.8, 4) is 28.3 Å². The standard InChI is InChI=1S/C27H29F2N7O4S/c1-15-20(14-31-27(30)33-15)25-34-24-19(26(35-25)36-8-10-40-11-9-36)12-16(13-22(24)39-2)17-4-3-5-18(23(17)29)21(28)6-7-32-41(37)38/h3-5,12-14,21,32H,6-11H2,1-2H3,(H,37,38)(H2,30,31,33). The molecule has 0 bridgehead atoms. The lowest BCUT2D eigenvalue weighted by Crippen LogP contribution is -2.37. The number of rotatable bonds is 9. The molecule has 0 saturated carbocycles. The monoisotopic (exact) mass is 585 g/mol. The summed E-state index contributed by atoms with van der Waals surface area (Å²) >= 11 is -2.28. The van der Waals surface area contributed by atoms with Crippen LogP contribution in [0.15, 0.2) is 36.5 Å². The van der Waals surface area contributed by atoms with Crippen molar-refractivity contribution in [3.63, 3.8) is 0 Å². The average Bonchev–Trinajstić information content (AvgIpc) is 2.96. The molecule has 3 heterocycles. The van der Waals surface area contributed by atoms with Crippen molar-refractivity contribution >= 4 is 33.9 Å². The quantitative estimate of drug-likeness (QED) is 0.248. The molecule has 1 aliphatic heterocycles. The number of aromatic nitrogens is 4. The molecule has 14 heteroatoms. The number of fused-ring (bicyclic) bond motifs is 1. The highest BCUT2D eigenvalue weighted by atomic mass is 32.2. The maximum absolute atomic E-state index is 15.8. The van der Waals surface area contributed by atoms with Crippen LogP contribution in [0.4, 0.5) is 20.5 Å². The van der Waals surface area contributed by atoms with Gasteiger partial charge in [-0.05, 0) is 31.0 Å². The lowest BCUT2D eigenvalue weighted by Gasteiger charge is -2.29. The Bertz CT molecular complexity index is 1600. The summed E-state index contributed by atoms with van der Waals surface area (Å²) in [5, 5.41) is 0.621. The summed E-state index contributed by atoms with van der Waals surface area (Å²) in [5.41, 5.74) is 7.95. The fraction of sp³-hybridized carbons (Fsp3) is 0.333. The number of alkyl halides is 1. The van der Waals surface area contributed by atoms with Gasteiger partial charge in [-0.15, -0.1) is 0 Å². The highest BCUT2D eigenvalue weighted by Crippen LogP contribution is 2.39. The molecule has 0 spiro atoms. The SMILES string of the molecule is COc1cc(-c2cccc(C(F)CCNS(=O)O)c2F)cc2c(N3CCOCC3)nc(-c3cnc(N)nc3C)nc12. The topological polar surface area (TPSA) is 149 Å². The molecule has 1 saturated heterocycles. The molecule has 2 aromatic carbocycles. The lowest BCUT2D eigenvalue weighted by atomic mass is 9.97. The van der Waals surface area contributed by atoms with Crippen LogP contribution in [-0.4, -0.2) is 68.7 Å². The first-order chi connectivity index (χ1) is 19.8. The third-order valence-corrected chi connectivity index (χ3v) is 7.27. The van der Waals surface area contributed by atoms with Crippen LogP contribution in [0.5, 0.6) is 5.75 Å². The number of nitrogen functional groups attached to an aromatic ring is 1. The van der Waals surface area contributed by atoms with E-state index in [1.165, 1.54) is 13.2 Å². The maximum Gasteiger partial charge on any atom is 0.231 e. The van der Waals surface area contributed by atoms with Crippen LogP contribution in [0, 0.1) is 12.7 Å². The highest BCUT2D eigenvalue weighted by molar-refractivity contribution is 7.77. The van der Waals surface area contributed by atoms with Crippen LogP contribution in [0.25, 0.3) is 33.4 Å². The first kappa shape index (κ1) is 28.7. The molecule has 1 aliphatic rings. The molecule has 1 fully saturated rings. The molecule has 2 aromatic heterocycles. The molecule has 11 nitrogen and oxygen atoms in total. The zero-order chi connectivity index (χ0) is 29.1. The van der Waals surface area contributed by atoms with Gasteiger partial charge >= 0.3 is 0 Å². The molecule has 0 amide bonds. The van der Waals surface area contributed by atoms with Crippen LogP contribution in [-0.2, 0) is 16.0 Å². The van der Waals surface area contributed by atoms with E-state index in [1.54, 1.807) is 37.4 Å². The predicted octanol–water partition coefficient (Wildman–Crippen LogP) is 3.76. The van der Waals surface area contributed by atoms with E-state index in [1.807, 2.05) is 0 Å². The highest BCUT2D eigenvalue weighted by Gasteiger charge is 2.24. The zero-order valence-electron chi connectivity index (χ0n) is 22.4. The van der Waals surface area contributed by atoms with E-state index in [0.29, 0.717) is 71.4 Å². The maximum atomic E-state index is 15.8. The van der Waals surface area contributed by atoms with Gasteiger partial charge in [0.1, 0.15) is 29.1 Å². The van der Waals surface area contributed by atoms with E-state index in [4.69, 9.17) is 29.7 Å². The van der Waals surface area contributed by atoms with Crippen LogP contribution in [0.1, 0.15) is 23.8 Å². The van der Waals surface area contributed by atoms with Crippen molar-refractivity contribution in [1.82, 2.24) is 24.7 Å². The largest absolute Gasteiger partial charge is 0.494 e. The molecule has 4 aromatic rings. The number of methoxy groups -OCH3 is 1. The number of nitrogens with one attached hydrogen (secondary N) is 1. The summed E-state index contributed by atoms with van der Waals surface area (Å²) in [7, 11) is 1.49. The fourth-order valence-corrected chi connectivity index (χ4v) is 5.07. The van der Waals surface area contributed by atoms with Gasteiger partial charge in [0, 0.05) is 42.3 Å². The summed E-state index contributed by atoms with van der Waals surface area (Å²) in [6.07, 6.45) is -0.293. The van der Waals surface area contributed by atoms with Crippen molar-refractivity contribution in [2.24, 2.45) is 0 Å². The minimum absolute atomic E-state index is 0.0984. The Morgan fingerprint density at radius 1 is 1.22 bits per heavy atom. The molecule has 0 aliphatic carbocycles. The van der Waals surface area contributed by atoms with Gasteiger partial charge in [-0.1, -0.05) is 18.2 Å². The van der Waals surface area contributed by atoms with Crippen molar-refractivity contribution in [2.75, 3.05) is 50.6 Å². The Balaban J connectivity index is 1.65. The molecule has 4 N–H and O–H groups in total. The zero-order valence-corrected chi connectivity index (χ0v) is 23.3. The summed E-state index contributed by atoms with van der Waals surface area (Å²) in [6, 6.07) is 7.92. The third-order valence-electron chi connectivity index (χ3n) is 6.82. The van der Waals surface area contributed by atoms with Crippen LogP contribution >= 0.6 is 0 Å². The summed E-state index contributed by atoms with van der Waals surface area (Å²) in [6.45, 7) is 3.87. The van der Waals surface area contributed by atoms with Crippen molar-refractivity contribution in [3.05, 3.63) is 53.6 Å². The molecule has 2 atom stereocenters. The Labute approximate surface area is 237 Å². The minimum atomic E-state index is -2.28. The number of nitrogens with zero attached hydrogens (tertiary/aromatic N) is 5. The average molecular weight is 586 g/mol. The smallest absolute Gasteiger partial charge is 0.231 e.